The highest BCUT2D eigenvalue weighted by Gasteiger charge is 2.17. The molecule has 0 radical (unpaired) electrons. The van der Waals surface area contributed by atoms with Gasteiger partial charge >= 0.3 is 11.9 Å². The van der Waals surface area contributed by atoms with E-state index in [1.165, 1.54) is 6.07 Å². The Labute approximate surface area is 135 Å². The van der Waals surface area contributed by atoms with E-state index in [1.807, 2.05) is 0 Å². The van der Waals surface area contributed by atoms with E-state index in [1.54, 1.807) is 6.92 Å². The molecule has 108 valence electrons. The Hall–Kier alpha value is -0.940. The minimum absolute atomic E-state index is 0.00917. The summed E-state index contributed by atoms with van der Waals surface area (Å²) in [6, 6.07) is 1.29. The minimum Gasteiger partial charge on any atom is -0.463 e. The Morgan fingerprint density at radius 1 is 1.05 bits per heavy atom. The molecule has 0 fully saturated rings. The van der Waals surface area contributed by atoms with Gasteiger partial charge in [0, 0.05) is 12.2 Å². The molecule has 0 heterocycles. The largest absolute Gasteiger partial charge is 0.463 e. The molecule has 1 aromatic carbocycles. The van der Waals surface area contributed by atoms with Gasteiger partial charge in [-0.25, -0.2) is 9.59 Å². The maximum absolute atomic E-state index is 11.5. The molecule has 0 saturated carbocycles. The van der Waals surface area contributed by atoms with Gasteiger partial charge in [-0.2, -0.15) is 0 Å². The van der Waals surface area contributed by atoms with Crippen molar-refractivity contribution >= 4 is 58.3 Å². The van der Waals surface area contributed by atoms with Crippen LogP contribution in [-0.2, 0) is 14.3 Å². The van der Waals surface area contributed by atoms with Crippen molar-refractivity contribution in [3.05, 3.63) is 38.3 Å². The van der Waals surface area contributed by atoms with Crippen LogP contribution < -0.4 is 4.74 Å². The van der Waals surface area contributed by atoms with E-state index >= 15 is 0 Å². The zero-order valence-corrected chi connectivity index (χ0v) is 13.1. The molecule has 8 heteroatoms. The van der Waals surface area contributed by atoms with Crippen LogP contribution in [0.25, 0.3) is 0 Å². The third kappa shape index (κ3) is 4.56. The van der Waals surface area contributed by atoms with E-state index in [4.69, 9.17) is 51.1 Å². The van der Waals surface area contributed by atoms with Crippen molar-refractivity contribution in [2.75, 3.05) is 6.61 Å². The quantitative estimate of drug-likeness (QED) is 0.264. The standard InChI is InChI=1S/C12H8Cl4O4/c1-2-19-8(17)3-4-9(18)20-12-7(14)5-6(13)10(15)11(12)16/h3-5H,2H2,1H3/b4-3+. The van der Waals surface area contributed by atoms with Crippen molar-refractivity contribution in [2.24, 2.45) is 0 Å². The van der Waals surface area contributed by atoms with Crippen LogP contribution in [0.3, 0.4) is 0 Å². The van der Waals surface area contributed by atoms with Gasteiger partial charge in [-0.1, -0.05) is 46.4 Å². The topological polar surface area (TPSA) is 52.6 Å². The third-order valence-electron chi connectivity index (χ3n) is 1.92. The smallest absolute Gasteiger partial charge is 0.336 e. The number of hydrogen-bond acceptors (Lipinski definition) is 4. The third-order valence-corrected chi connectivity index (χ3v) is 3.44. The molecule has 0 saturated heterocycles. The molecule has 1 rings (SSSR count). The maximum atomic E-state index is 11.5. The molecule has 0 amide bonds. The van der Waals surface area contributed by atoms with Crippen LogP contribution in [0.15, 0.2) is 18.2 Å². The maximum Gasteiger partial charge on any atom is 0.336 e. The van der Waals surface area contributed by atoms with E-state index in [0.717, 1.165) is 12.2 Å². The SMILES string of the molecule is CCOC(=O)/C=C/C(=O)Oc1c(Cl)cc(Cl)c(Cl)c1Cl. The summed E-state index contributed by atoms with van der Waals surface area (Å²) in [7, 11) is 0. The first-order chi connectivity index (χ1) is 9.36. The summed E-state index contributed by atoms with van der Waals surface area (Å²) in [6.07, 6.45) is 1.80. The Morgan fingerprint density at radius 3 is 2.25 bits per heavy atom. The molecule has 0 unspecified atom stereocenters. The summed E-state index contributed by atoms with van der Waals surface area (Å²) in [5, 5.41) is 0.0581. The van der Waals surface area contributed by atoms with Crippen molar-refractivity contribution in [3.63, 3.8) is 0 Å². The highest BCUT2D eigenvalue weighted by Crippen LogP contribution is 2.42. The second kappa shape index (κ2) is 7.74. The zero-order chi connectivity index (χ0) is 15.3. The van der Waals surface area contributed by atoms with Crippen LogP contribution >= 0.6 is 46.4 Å². The lowest BCUT2D eigenvalue weighted by atomic mass is 10.3. The Balaban J connectivity index is 2.87. The van der Waals surface area contributed by atoms with Crippen LogP contribution in [0, 0.1) is 0 Å². The summed E-state index contributed by atoms with van der Waals surface area (Å²) >= 11 is 23.3. The van der Waals surface area contributed by atoms with Crippen LogP contribution in [0.5, 0.6) is 5.75 Å². The molecule has 1 aromatic rings. The number of carbonyl (C=O) groups excluding carboxylic acids is 2. The van der Waals surface area contributed by atoms with Gasteiger partial charge in [-0.05, 0) is 13.0 Å². The Kier molecular flexibility index (Phi) is 6.62. The van der Waals surface area contributed by atoms with E-state index in [0.29, 0.717) is 0 Å². The number of halogens is 4. The van der Waals surface area contributed by atoms with Crippen LogP contribution in [0.2, 0.25) is 20.1 Å². The molecule has 0 bridgehead atoms. The second-order valence-corrected chi connectivity index (χ2v) is 4.87. The van der Waals surface area contributed by atoms with Crippen molar-refractivity contribution < 1.29 is 19.1 Å². The molecule has 0 N–H and O–H groups in total. The van der Waals surface area contributed by atoms with Crippen molar-refractivity contribution in [1.82, 2.24) is 0 Å². The van der Waals surface area contributed by atoms with Gasteiger partial charge in [-0.3, -0.25) is 0 Å². The summed E-state index contributed by atoms with van der Waals surface area (Å²) in [6.45, 7) is 1.84. The fraction of sp³-hybridized carbons (Fsp3) is 0.167. The average molecular weight is 358 g/mol. The lowest BCUT2D eigenvalue weighted by molar-refractivity contribution is -0.138. The van der Waals surface area contributed by atoms with E-state index in [9.17, 15) is 9.59 Å². The van der Waals surface area contributed by atoms with Gasteiger partial charge < -0.3 is 9.47 Å². The number of hydrogen-bond donors (Lipinski definition) is 0. The Morgan fingerprint density at radius 2 is 1.65 bits per heavy atom. The van der Waals surface area contributed by atoms with Gasteiger partial charge in [-0.15, -0.1) is 0 Å². The fourth-order valence-electron chi connectivity index (χ4n) is 1.10. The predicted molar refractivity (Wildman–Crippen MR) is 77.9 cm³/mol. The molecule has 0 spiro atoms. The molecular formula is C12H8Cl4O4. The first-order valence-electron chi connectivity index (χ1n) is 5.26. The number of carbonyl (C=O) groups is 2. The number of benzene rings is 1. The van der Waals surface area contributed by atoms with Crippen molar-refractivity contribution in [3.8, 4) is 5.75 Å². The highest BCUT2D eigenvalue weighted by molar-refractivity contribution is 6.50. The van der Waals surface area contributed by atoms with Gasteiger partial charge in [0.2, 0.25) is 0 Å². The van der Waals surface area contributed by atoms with Gasteiger partial charge in [0.1, 0.15) is 5.02 Å². The highest BCUT2D eigenvalue weighted by atomic mass is 35.5. The summed E-state index contributed by atoms with van der Waals surface area (Å²) in [5.41, 5.74) is 0. The molecule has 0 aliphatic rings. The summed E-state index contributed by atoms with van der Waals surface area (Å²) in [5.74, 6) is -1.67. The van der Waals surface area contributed by atoms with Gasteiger partial charge in [0.15, 0.2) is 5.75 Å². The van der Waals surface area contributed by atoms with Crippen molar-refractivity contribution in [2.45, 2.75) is 6.92 Å². The summed E-state index contributed by atoms with van der Waals surface area (Å²) in [4.78, 5) is 22.5. The van der Waals surface area contributed by atoms with Gasteiger partial charge in [0.05, 0.1) is 21.7 Å². The zero-order valence-electron chi connectivity index (χ0n) is 10.1. The lowest BCUT2D eigenvalue weighted by Gasteiger charge is -2.08. The molecule has 0 aliphatic carbocycles. The van der Waals surface area contributed by atoms with E-state index in [-0.39, 0.29) is 32.4 Å². The Bertz CT molecular complexity index is 569. The number of rotatable bonds is 4. The molecular weight excluding hydrogens is 350 g/mol. The molecule has 20 heavy (non-hydrogen) atoms. The molecule has 0 aromatic heterocycles. The van der Waals surface area contributed by atoms with Crippen LogP contribution in [0.4, 0.5) is 0 Å². The number of ether oxygens (including phenoxy) is 2. The average Bonchev–Trinajstić information content (AvgIpc) is 2.39. The van der Waals surface area contributed by atoms with E-state index < -0.39 is 11.9 Å². The summed E-state index contributed by atoms with van der Waals surface area (Å²) < 4.78 is 9.50. The number of esters is 2. The minimum atomic E-state index is -0.861. The van der Waals surface area contributed by atoms with Crippen LogP contribution in [0.1, 0.15) is 6.92 Å². The fourth-order valence-corrected chi connectivity index (χ4v) is 2.09. The first-order valence-corrected chi connectivity index (χ1v) is 6.77. The molecule has 0 atom stereocenters. The van der Waals surface area contributed by atoms with Crippen LogP contribution in [-0.4, -0.2) is 18.5 Å². The second-order valence-electron chi connectivity index (χ2n) is 3.30. The predicted octanol–water partition coefficient (Wildman–Crippen LogP) is 4.32. The first kappa shape index (κ1) is 17.1. The van der Waals surface area contributed by atoms with Crippen molar-refractivity contribution in [1.29, 1.82) is 0 Å². The lowest BCUT2D eigenvalue weighted by Crippen LogP contribution is -2.07. The molecule has 0 aliphatic heterocycles. The van der Waals surface area contributed by atoms with E-state index in [2.05, 4.69) is 4.74 Å². The molecule has 4 nitrogen and oxygen atoms in total. The monoisotopic (exact) mass is 356 g/mol. The normalized spacial score (nSPS) is 10.7. The van der Waals surface area contributed by atoms with Gasteiger partial charge in [0.25, 0.3) is 0 Å².